The number of ether oxygens (including phenoxy) is 1. The van der Waals surface area contributed by atoms with Crippen molar-refractivity contribution in [2.75, 3.05) is 7.11 Å². The third kappa shape index (κ3) is 2.81. The van der Waals surface area contributed by atoms with Crippen LogP contribution < -0.4 is 17.0 Å². The van der Waals surface area contributed by atoms with E-state index < -0.39 is 17.9 Å². The predicted molar refractivity (Wildman–Crippen MR) is 54.1 cm³/mol. The number of rotatable bonds is 4. The van der Waals surface area contributed by atoms with Crippen LogP contribution in [0.2, 0.25) is 0 Å². The van der Waals surface area contributed by atoms with Crippen molar-refractivity contribution in [3.8, 4) is 0 Å². The standard InChI is InChI=1S/C9H13N3O4/c1-15-9(14)6(10)4-5-2-3-7(16-5)8(13)12-11/h2-3,6H,4,10-11H2,1H3,(H,12,13)/t6-/m0/s1. The van der Waals surface area contributed by atoms with Gasteiger partial charge in [-0.1, -0.05) is 0 Å². The van der Waals surface area contributed by atoms with Gasteiger partial charge in [0, 0.05) is 6.42 Å². The number of hydrazine groups is 1. The van der Waals surface area contributed by atoms with Crippen molar-refractivity contribution in [3.63, 3.8) is 0 Å². The van der Waals surface area contributed by atoms with Crippen LogP contribution in [-0.4, -0.2) is 25.0 Å². The Bertz CT molecular complexity index is 388. The maximum absolute atomic E-state index is 11.0. The number of furan rings is 1. The number of nitrogens with two attached hydrogens (primary N) is 2. The summed E-state index contributed by atoms with van der Waals surface area (Å²) in [6.45, 7) is 0. The van der Waals surface area contributed by atoms with Crippen LogP contribution in [0.1, 0.15) is 16.3 Å². The van der Waals surface area contributed by atoms with E-state index in [4.69, 9.17) is 16.0 Å². The molecule has 0 aliphatic rings. The number of esters is 1. The summed E-state index contributed by atoms with van der Waals surface area (Å²) >= 11 is 0. The first-order valence-electron chi connectivity index (χ1n) is 4.51. The summed E-state index contributed by atoms with van der Waals surface area (Å²) in [6.07, 6.45) is 0.157. The van der Waals surface area contributed by atoms with Gasteiger partial charge in [0.1, 0.15) is 11.8 Å². The second kappa shape index (κ2) is 5.29. The molecular weight excluding hydrogens is 214 g/mol. The van der Waals surface area contributed by atoms with E-state index in [2.05, 4.69) is 4.74 Å². The smallest absolute Gasteiger partial charge is 0.323 e. The third-order valence-electron chi connectivity index (χ3n) is 1.94. The quantitative estimate of drug-likeness (QED) is 0.260. The lowest BCUT2D eigenvalue weighted by molar-refractivity contribution is -0.142. The molecule has 1 aromatic rings. The first-order valence-corrected chi connectivity index (χ1v) is 4.51. The zero-order valence-corrected chi connectivity index (χ0v) is 8.73. The topological polar surface area (TPSA) is 121 Å². The maximum atomic E-state index is 11.0. The molecule has 0 fully saturated rings. The van der Waals surface area contributed by atoms with Gasteiger partial charge in [-0.25, -0.2) is 5.84 Å². The number of hydrogen-bond acceptors (Lipinski definition) is 6. The van der Waals surface area contributed by atoms with Crippen molar-refractivity contribution in [2.45, 2.75) is 12.5 Å². The van der Waals surface area contributed by atoms with Gasteiger partial charge >= 0.3 is 11.9 Å². The number of amides is 1. The van der Waals surface area contributed by atoms with Gasteiger partial charge in [0.25, 0.3) is 0 Å². The highest BCUT2D eigenvalue weighted by Gasteiger charge is 2.17. The first-order chi connectivity index (χ1) is 7.58. The Morgan fingerprint density at radius 2 is 2.25 bits per heavy atom. The lowest BCUT2D eigenvalue weighted by atomic mass is 10.2. The van der Waals surface area contributed by atoms with E-state index in [0.29, 0.717) is 5.76 Å². The van der Waals surface area contributed by atoms with Crippen molar-refractivity contribution in [1.82, 2.24) is 5.43 Å². The van der Waals surface area contributed by atoms with Crippen molar-refractivity contribution >= 4 is 11.9 Å². The van der Waals surface area contributed by atoms with Crippen molar-refractivity contribution in [2.24, 2.45) is 11.6 Å². The van der Waals surface area contributed by atoms with Gasteiger partial charge in [0.15, 0.2) is 5.76 Å². The zero-order valence-electron chi connectivity index (χ0n) is 8.73. The average Bonchev–Trinajstić information content (AvgIpc) is 2.75. The molecule has 7 heteroatoms. The molecule has 88 valence electrons. The number of hydrogen-bond donors (Lipinski definition) is 3. The normalized spacial score (nSPS) is 11.9. The van der Waals surface area contributed by atoms with Crippen LogP contribution in [0, 0.1) is 0 Å². The van der Waals surface area contributed by atoms with E-state index >= 15 is 0 Å². The number of methoxy groups -OCH3 is 1. The second-order valence-corrected chi connectivity index (χ2v) is 3.07. The minimum absolute atomic E-state index is 0.0644. The van der Waals surface area contributed by atoms with E-state index in [-0.39, 0.29) is 12.2 Å². The summed E-state index contributed by atoms with van der Waals surface area (Å²) in [5, 5.41) is 0. The summed E-state index contributed by atoms with van der Waals surface area (Å²) in [5.41, 5.74) is 7.44. The van der Waals surface area contributed by atoms with Crippen LogP contribution in [0.3, 0.4) is 0 Å². The Balaban J connectivity index is 2.65. The maximum Gasteiger partial charge on any atom is 0.323 e. The minimum Gasteiger partial charge on any atom is -0.468 e. The molecule has 0 radical (unpaired) electrons. The van der Waals surface area contributed by atoms with Crippen molar-refractivity contribution in [1.29, 1.82) is 0 Å². The van der Waals surface area contributed by atoms with Crippen LogP contribution in [0.4, 0.5) is 0 Å². The van der Waals surface area contributed by atoms with E-state index in [1.807, 2.05) is 5.43 Å². The number of carbonyl (C=O) groups excluding carboxylic acids is 2. The molecule has 0 saturated carbocycles. The summed E-state index contributed by atoms with van der Waals surface area (Å²) in [5.74, 6) is 4.32. The Morgan fingerprint density at radius 1 is 1.56 bits per heavy atom. The number of nitrogen functional groups attached to an aromatic ring is 1. The molecule has 0 aromatic carbocycles. The highest BCUT2D eigenvalue weighted by molar-refractivity contribution is 5.90. The fourth-order valence-corrected chi connectivity index (χ4v) is 1.13. The lowest BCUT2D eigenvalue weighted by Crippen LogP contribution is -2.33. The third-order valence-corrected chi connectivity index (χ3v) is 1.94. The summed E-state index contributed by atoms with van der Waals surface area (Å²) in [4.78, 5) is 22.1. The van der Waals surface area contributed by atoms with Crippen LogP contribution in [0.15, 0.2) is 16.5 Å². The fourth-order valence-electron chi connectivity index (χ4n) is 1.13. The van der Waals surface area contributed by atoms with Crippen LogP contribution in [0.25, 0.3) is 0 Å². The molecule has 1 heterocycles. The van der Waals surface area contributed by atoms with E-state index in [1.165, 1.54) is 13.2 Å². The molecule has 0 saturated heterocycles. The molecule has 0 spiro atoms. The van der Waals surface area contributed by atoms with Crippen LogP contribution in [0.5, 0.6) is 0 Å². The first kappa shape index (κ1) is 12.2. The molecule has 5 N–H and O–H groups in total. The van der Waals surface area contributed by atoms with Gasteiger partial charge in [0.05, 0.1) is 7.11 Å². The highest BCUT2D eigenvalue weighted by Crippen LogP contribution is 2.09. The van der Waals surface area contributed by atoms with Gasteiger partial charge < -0.3 is 14.9 Å². The molecule has 0 unspecified atom stereocenters. The van der Waals surface area contributed by atoms with Gasteiger partial charge in [0.2, 0.25) is 0 Å². The van der Waals surface area contributed by atoms with Crippen LogP contribution >= 0.6 is 0 Å². The molecule has 1 atom stereocenters. The van der Waals surface area contributed by atoms with Gasteiger partial charge in [-0.3, -0.25) is 15.0 Å². The Hall–Kier alpha value is -1.86. The Morgan fingerprint density at radius 3 is 2.81 bits per heavy atom. The van der Waals surface area contributed by atoms with E-state index in [9.17, 15) is 9.59 Å². The Kier molecular flexibility index (Phi) is 4.03. The van der Waals surface area contributed by atoms with Crippen molar-refractivity contribution in [3.05, 3.63) is 23.7 Å². The summed E-state index contributed by atoms with van der Waals surface area (Å²) in [7, 11) is 1.25. The SMILES string of the molecule is COC(=O)[C@@H](N)Cc1ccc(C(=O)NN)o1. The Labute approximate surface area is 91.7 Å². The molecular formula is C9H13N3O4. The fraction of sp³-hybridized carbons (Fsp3) is 0.333. The van der Waals surface area contributed by atoms with Crippen LogP contribution in [-0.2, 0) is 16.0 Å². The van der Waals surface area contributed by atoms with E-state index in [1.54, 1.807) is 6.07 Å². The molecule has 16 heavy (non-hydrogen) atoms. The molecule has 1 amide bonds. The predicted octanol–water partition coefficient (Wildman–Crippen LogP) is -1.07. The molecule has 0 aliphatic heterocycles. The molecule has 7 nitrogen and oxygen atoms in total. The largest absolute Gasteiger partial charge is 0.468 e. The van der Waals surface area contributed by atoms with Gasteiger partial charge in [-0.2, -0.15) is 0 Å². The molecule has 0 aliphatic carbocycles. The zero-order chi connectivity index (χ0) is 12.1. The highest BCUT2D eigenvalue weighted by atomic mass is 16.5. The van der Waals surface area contributed by atoms with Gasteiger partial charge in [-0.05, 0) is 12.1 Å². The van der Waals surface area contributed by atoms with Gasteiger partial charge in [-0.15, -0.1) is 0 Å². The van der Waals surface area contributed by atoms with Crippen molar-refractivity contribution < 1.29 is 18.7 Å². The lowest BCUT2D eigenvalue weighted by Gasteiger charge is -2.06. The number of nitrogens with one attached hydrogen (secondary N) is 1. The number of carbonyl (C=O) groups is 2. The average molecular weight is 227 g/mol. The second-order valence-electron chi connectivity index (χ2n) is 3.07. The monoisotopic (exact) mass is 227 g/mol. The summed E-state index contributed by atoms with van der Waals surface area (Å²) in [6, 6.07) is 2.18. The minimum atomic E-state index is -0.815. The summed E-state index contributed by atoms with van der Waals surface area (Å²) < 4.78 is 9.58. The molecule has 1 rings (SSSR count). The van der Waals surface area contributed by atoms with E-state index in [0.717, 1.165) is 0 Å². The molecule has 1 aromatic heterocycles. The molecule has 0 bridgehead atoms.